The number of nitrogens with two attached hydrogens (primary N) is 1. The van der Waals surface area contributed by atoms with Gasteiger partial charge in [0.15, 0.2) is 0 Å². The Morgan fingerprint density at radius 3 is 2.57 bits per heavy atom. The lowest BCUT2D eigenvalue weighted by molar-refractivity contribution is -0.148. The van der Waals surface area contributed by atoms with E-state index in [0.717, 1.165) is 4.90 Å². The molecule has 1 aliphatic rings. The molecule has 1 rings (SSSR count). The number of amides is 1. The summed E-state index contributed by atoms with van der Waals surface area (Å²) in [7, 11) is 0. The Bertz CT molecular complexity index is 254. The van der Waals surface area contributed by atoms with E-state index in [1.165, 1.54) is 6.92 Å². The minimum Gasteiger partial charge on any atom is -0.480 e. The predicted octanol–water partition coefficient (Wildman–Crippen LogP) is -1.62. The smallest absolute Gasteiger partial charge is 0.326 e. The molecule has 6 heteroatoms. The van der Waals surface area contributed by atoms with E-state index in [-0.39, 0.29) is 13.0 Å². The van der Waals surface area contributed by atoms with Crippen LogP contribution in [0, 0.1) is 0 Å². The Hall–Kier alpha value is -1.14. The molecule has 0 aliphatic carbocycles. The number of carboxylic acid groups (broad SMARTS) is 1. The van der Waals surface area contributed by atoms with Crippen LogP contribution in [0.4, 0.5) is 0 Å². The van der Waals surface area contributed by atoms with Crippen molar-refractivity contribution in [3.63, 3.8) is 0 Å². The van der Waals surface area contributed by atoms with Crippen molar-refractivity contribution in [1.82, 2.24) is 4.90 Å². The van der Waals surface area contributed by atoms with Crippen LogP contribution in [-0.2, 0) is 9.59 Å². The summed E-state index contributed by atoms with van der Waals surface area (Å²) in [5.74, 6) is -1.54. The minimum atomic E-state index is -1.10. The molecule has 1 amide bonds. The molecule has 0 aromatic carbocycles. The van der Waals surface area contributed by atoms with E-state index in [2.05, 4.69) is 0 Å². The summed E-state index contributed by atoms with van der Waals surface area (Å²) in [5.41, 5.74) is 5.36. The van der Waals surface area contributed by atoms with Gasteiger partial charge in [0.05, 0.1) is 12.1 Å². The molecule has 1 aliphatic heterocycles. The first-order valence-electron chi connectivity index (χ1n) is 4.40. The summed E-state index contributed by atoms with van der Waals surface area (Å²) in [4.78, 5) is 23.3. The van der Waals surface area contributed by atoms with Crippen molar-refractivity contribution in [3.05, 3.63) is 0 Å². The first kappa shape index (κ1) is 10.9. The van der Waals surface area contributed by atoms with Crippen molar-refractivity contribution in [3.8, 4) is 0 Å². The average molecular weight is 202 g/mol. The molecule has 3 atom stereocenters. The number of aliphatic hydroxyl groups is 1. The topological polar surface area (TPSA) is 104 Å². The van der Waals surface area contributed by atoms with E-state index in [1.807, 2.05) is 0 Å². The van der Waals surface area contributed by atoms with Crippen molar-refractivity contribution in [2.24, 2.45) is 5.73 Å². The molecule has 4 N–H and O–H groups in total. The van der Waals surface area contributed by atoms with Gasteiger partial charge in [-0.3, -0.25) is 4.79 Å². The Morgan fingerprint density at radius 2 is 2.14 bits per heavy atom. The van der Waals surface area contributed by atoms with Crippen LogP contribution in [0.5, 0.6) is 0 Å². The molecule has 0 bridgehead atoms. The Kier molecular flexibility index (Phi) is 3.07. The fraction of sp³-hybridized carbons (Fsp3) is 0.750. The molecule has 80 valence electrons. The summed E-state index contributed by atoms with van der Waals surface area (Å²) >= 11 is 0. The largest absolute Gasteiger partial charge is 0.480 e. The summed E-state index contributed by atoms with van der Waals surface area (Å²) in [6.07, 6.45) is -0.688. The monoisotopic (exact) mass is 202 g/mol. The zero-order valence-electron chi connectivity index (χ0n) is 7.88. The lowest BCUT2D eigenvalue weighted by Crippen LogP contribution is -2.47. The molecule has 14 heavy (non-hydrogen) atoms. The fourth-order valence-electron chi connectivity index (χ4n) is 1.55. The van der Waals surface area contributed by atoms with E-state index in [9.17, 15) is 14.7 Å². The Morgan fingerprint density at radius 1 is 1.57 bits per heavy atom. The predicted molar refractivity (Wildman–Crippen MR) is 47.4 cm³/mol. The number of hydrogen-bond acceptors (Lipinski definition) is 4. The van der Waals surface area contributed by atoms with Gasteiger partial charge in [-0.15, -0.1) is 0 Å². The third-order valence-corrected chi connectivity index (χ3v) is 2.24. The highest BCUT2D eigenvalue weighted by Crippen LogP contribution is 2.18. The number of carbonyl (C=O) groups is 2. The lowest BCUT2D eigenvalue weighted by Gasteiger charge is -2.22. The number of aliphatic hydroxyl groups excluding tert-OH is 1. The van der Waals surface area contributed by atoms with Gasteiger partial charge in [0.1, 0.15) is 6.04 Å². The molecule has 0 spiro atoms. The van der Waals surface area contributed by atoms with Crippen molar-refractivity contribution < 1.29 is 19.8 Å². The first-order valence-corrected chi connectivity index (χ1v) is 4.40. The van der Waals surface area contributed by atoms with Crippen LogP contribution < -0.4 is 5.73 Å². The molecule has 0 aromatic rings. The molecule has 1 saturated heterocycles. The zero-order valence-corrected chi connectivity index (χ0v) is 7.88. The molecular formula is C8H14N2O4. The molecule has 1 heterocycles. The second-order valence-corrected chi connectivity index (χ2v) is 3.52. The summed E-state index contributed by atoms with van der Waals surface area (Å²) < 4.78 is 0. The fourth-order valence-corrected chi connectivity index (χ4v) is 1.55. The molecule has 0 radical (unpaired) electrons. The molecular weight excluding hydrogens is 188 g/mol. The SMILES string of the molecule is C[C@H](N)C(=O)N1C[C@H](O)C[C@@H]1C(=O)O. The quantitative estimate of drug-likeness (QED) is 0.499. The number of rotatable bonds is 2. The highest BCUT2D eigenvalue weighted by molar-refractivity contribution is 5.87. The number of carboxylic acids is 1. The third kappa shape index (κ3) is 2.02. The molecule has 0 saturated carbocycles. The van der Waals surface area contributed by atoms with Gasteiger partial charge in [-0.2, -0.15) is 0 Å². The second-order valence-electron chi connectivity index (χ2n) is 3.52. The number of β-amino-alcohol motifs (C(OH)–C–C–N with tert-alkyl or cyclic N) is 1. The van der Waals surface area contributed by atoms with Crippen LogP contribution in [0.25, 0.3) is 0 Å². The third-order valence-electron chi connectivity index (χ3n) is 2.24. The minimum absolute atomic E-state index is 0.0529. The van der Waals surface area contributed by atoms with Crippen LogP contribution in [0.2, 0.25) is 0 Å². The van der Waals surface area contributed by atoms with Gasteiger partial charge in [0.2, 0.25) is 5.91 Å². The van der Waals surface area contributed by atoms with Crippen LogP contribution >= 0.6 is 0 Å². The van der Waals surface area contributed by atoms with Crippen molar-refractivity contribution >= 4 is 11.9 Å². The Balaban J connectivity index is 2.76. The van der Waals surface area contributed by atoms with E-state index < -0.39 is 30.1 Å². The standard InChI is InChI=1S/C8H14N2O4/c1-4(9)7(12)10-3-5(11)2-6(10)8(13)14/h4-6,11H,2-3,9H2,1H3,(H,13,14)/t4-,5+,6+/m0/s1. The van der Waals surface area contributed by atoms with Crippen LogP contribution in [0.1, 0.15) is 13.3 Å². The van der Waals surface area contributed by atoms with Gasteiger partial charge < -0.3 is 20.8 Å². The summed E-state index contributed by atoms with van der Waals surface area (Å²) in [6, 6.07) is -1.68. The van der Waals surface area contributed by atoms with E-state index in [0.29, 0.717) is 0 Å². The molecule has 0 aromatic heterocycles. The van der Waals surface area contributed by atoms with E-state index >= 15 is 0 Å². The van der Waals surface area contributed by atoms with Gasteiger partial charge in [-0.05, 0) is 6.92 Å². The normalized spacial score (nSPS) is 28.9. The number of likely N-dealkylation sites (tertiary alicyclic amines) is 1. The first-order chi connectivity index (χ1) is 6.43. The average Bonchev–Trinajstić information content (AvgIpc) is 2.45. The maximum Gasteiger partial charge on any atom is 0.326 e. The van der Waals surface area contributed by atoms with Crippen molar-refractivity contribution in [1.29, 1.82) is 0 Å². The van der Waals surface area contributed by atoms with Gasteiger partial charge in [-0.1, -0.05) is 0 Å². The van der Waals surface area contributed by atoms with Crippen LogP contribution in [0.3, 0.4) is 0 Å². The van der Waals surface area contributed by atoms with Crippen LogP contribution in [-0.4, -0.2) is 51.7 Å². The Labute approximate surface area is 81.3 Å². The number of carbonyl (C=O) groups excluding carboxylic acids is 1. The molecule has 0 unspecified atom stereocenters. The maximum atomic E-state index is 11.4. The van der Waals surface area contributed by atoms with E-state index in [1.54, 1.807) is 0 Å². The van der Waals surface area contributed by atoms with Gasteiger partial charge in [-0.25, -0.2) is 4.79 Å². The number of hydrogen-bond donors (Lipinski definition) is 3. The van der Waals surface area contributed by atoms with Gasteiger partial charge in [0, 0.05) is 13.0 Å². The van der Waals surface area contributed by atoms with Crippen molar-refractivity contribution in [2.45, 2.75) is 31.5 Å². The number of aliphatic carboxylic acids is 1. The lowest BCUT2D eigenvalue weighted by atomic mass is 10.2. The summed E-state index contributed by atoms with van der Waals surface area (Å²) in [6.45, 7) is 1.54. The van der Waals surface area contributed by atoms with E-state index in [4.69, 9.17) is 10.8 Å². The second kappa shape index (κ2) is 3.93. The highest BCUT2D eigenvalue weighted by Gasteiger charge is 2.39. The van der Waals surface area contributed by atoms with Crippen LogP contribution in [0.15, 0.2) is 0 Å². The number of nitrogens with zero attached hydrogens (tertiary/aromatic N) is 1. The zero-order chi connectivity index (χ0) is 10.9. The molecule has 6 nitrogen and oxygen atoms in total. The van der Waals surface area contributed by atoms with Crippen molar-refractivity contribution in [2.75, 3.05) is 6.54 Å². The highest BCUT2D eigenvalue weighted by atomic mass is 16.4. The maximum absolute atomic E-state index is 11.4. The van der Waals surface area contributed by atoms with Gasteiger partial charge >= 0.3 is 5.97 Å². The molecule has 1 fully saturated rings. The van der Waals surface area contributed by atoms with Gasteiger partial charge in [0.25, 0.3) is 0 Å². The summed E-state index contributed by atoms with van der Waals surface area (Å²) in [5, 5.41) is 18.0.